The molecule has 0 aliphatic carbocycles. The van der Waals surface area contributed by atoms with E-state index in [1.54, 1.807) is 7.11 Å². The van der Waals surface area contributed by atoms with Crippen LogP contribution in [0.15, 0.2) is 23.6 Å². The maximum absolute atomic E-state index is 10.7. The molecule has 112 valence electrons. The molecule has 2 rings (SSSR count). The Morgan fingerprint density at radius 3 is 2.86 bits per heavy atom. The van der Waals surface area contributed by atoms with Crippen LogP contribution in [-0.2, 0) is 17.6 Å². The van der Waals surface area contributed by atoms with Crippen molar-refractivity contribution in [2.75, 3.05) is 13.7 Å². The molecule has 0 atom stereocenters. The molecule has 0 amide bonds. The summed E-state index contributed by atoms with van der Waals surface area (Å²) in [5, 5.41) is 11.3. The number of ether oxygens (including phenoxy) is 2. The standard InChI is InChI=1S/C15H17NO4S/c1-3-20-12-5-4-10(7-13(12)19-2)6-11-9-21-14(16-11)8-15(17)18/h4-5,7,9H,3,6,8H2,1-2H3,(H,17,18). The second-order valence-corrected chi connectivity index (χ2v) is 5.34. The first-order chi connectivity index (χ1) is 10.1. The summed E-state index contributed by atoms with van der Waals surface area (Å²) in [6.07, 6.45) is 0.607. The van der Waals surface area contributed by atoms with E-state index < -0.39 is 5.97 Å². The highest BCUT2D eigenvalue weighted by atomic mass is 32.1. The SMILES string of the molecule is CCOc1ccc(Cc2csc(CC(=O)O)n2)cc1OC. The minimum Gasteiger partial charge on any atom is -0.493 e. The normalized spacial score (nSPS) is 10.4. The molecule has 1 aromatic carbocycles. The number of carbonyl (C=O) groups is 1. The van der Waals surface area contributed by atoms with Gasteiger partial charge in [0.25, 0.3) is 0 Å². The monoisotopic (exact) mass is 307 g/mol. The Labute approximate surface area is 127 Å². The molecule has 1 heterocycles. The smallest absolute Gasteiger partial charge is 0.310 e. The van der Waals surface area contributed by atoms with Crippen molar-refractivity contribution < 1.29 is 19.4 Å². The highest BCUT2D eigenvalue weighted by Crippen LogP contribution is 2.29. The Bertz CT molecular complexity index is 624. The molecule has 0 aliphatic heterocycles. The fourth-order valence-electron chi connectivity index (χ4n) is 1.95. The Balaban J connectivity index is 2.12. The van der Waals surface area contributed by atoms with Gasteiger partial charge in [-0.3, -0.25) is 4.79 Å². The number of aliphatic carboxylic acids is 1. The van der Waals surface area contributed by atoms with Gasteiger partial charge in [-0.15, -0.1) is 11.3 Å². The Hall–Kier alpha value is -2.08. The average Bonchev–Trinajstić information content (AvgIpc) is 2.87. The molecule has 0 radical (unpaired) electrons. The summed E-state index contributed by atoms with van der Waals surface area (Å²) in [5.41, 5.74) is 1.91. The zero-order chi connectivity index (χ0) is 15.2. The van der Waals surface area contributed by atoms with Gasteiger partial charge in [-0.05, 0) is 24.6 Å². The first kappa shape index (κ1) is 15.3. The molecule has 2 aromatic rings. The van der Waals surface area contributed by atoms with E-state index in [9.17, 15) is 4.79 Å². The van der Waals surface area contributed by atoms with Crippen molar-refractivity contribution in [2.24, 2.45) is 0 Å². The van der Waals surface area contributed by atoms with Crippen LogP contribution in [-0.4, -0.2) is 29.8 Å². The lowest BCUT2D eigenvalue weighted by Gasteiger charge is -2.10. The molecule has 0 aliphatic rings. The molecule has 0 saturated carbocycles. The zero-order valence-corrected chi connectivity index (χ0v) is 12.8. The van der Waals surface area contributed by atoms with Crippen molar-refractivity contribution >= 4 is 17.3 Å². The molecule has 0 fully saturated rings. The molecule has 1 aromatic heterocycles. The number of carboxylic acid groups (broad SMARTS) is 1. The molecule has 0 bridgehead atoms. The van der Waals surface area contributed by atoms with Crippen molar-refractivity contribution in [1.29, 1.82) is 0 Å². The summed E-state index contributed by atoms with van der Waals surface area (Å²) in [6, 6.07) is 5.76. The van der Waals surface area contributed by atoms with Crippen LogP contribution in [0.4, 0.5) is 0 Å². The summed E-state index contributed by atoms with van der Waals surface area (Å²) >= 11 is 1.37. The summed E-state index contributed by atoms with van der Waals surface area (Å²) in [7, 11) is 1.61. The first-order valence-corrected chi connectivity index (χ1v) is 7.45. The second-order valence-electron chi connectivity index (χ2n) is 4.40. The van der Waals surface area contributed by atoms with Gasteiger partial charge >= 0.3 is 5.97 Å². The molecule has 21 heavy (non-hydrogen) atoms. The van der Waals surface area contributed by atoms with E-state index in [4.69, 9.17) is 14.6 Å². The lowest BCUT2D eigenvalue weighted by atomic mass is 10.1. The van der Waals surface area contributed by atoms with Crippen molar-refractivity contribution in [3.8, 4) is 11.5 Å². The third-order valence-corrected chi connectivity index (χ3v) is 3.71. The van der Waals surface area contributed by atoms with Crippen LogP contribution in [0, 0.1) is 0 Å². The average molecular weight is 307 g/mol. The van der Waals surface area contributed by atoms with E-state index in [0.717, 1.165) is 11.3 Å². The molecule has 5 nitrogen and oxygen atoms in total. The predicted molar refractivity (Wildman–Crippen MR) is 80.4 cm³/mol. The van der Waals surface area contributed by atoms with E-state index >= 15 is 0 Å². The first-order valence-electron chi connectivity index (χ1n) is 6.57. The molecule has 0 spiro atoms. The van der Waals surface area contributed by atoms with Crippen LogP contribution in [0.25, 0.3) is 0 Å². The van der Waals surface area contributed by atoms with Crippen molar-refractivity contribution in [3.63, 3.8) is 0 Å². The van der Waals surface area contributed by atoms with Crippen LogP contribution in [0.5, 0.6) is 11.5 Å². The Kier molecular flexibility index (Phi) is 5.16. The molecular weight excluding hydrogens is 290 g/mol. The molecule has 0 unspecified atom stereocenters. The van der Waals surface area contributed by atoms with Gasteiger partial charge in [0.05, 0.1) is 25.8 Å². The summed E-state index contributed by atoms with van der Waals surface area (Å²) in [6.45, 7) is 2.51. The van der Waals surface area contributed by atoms with Crippen LogP contribution in [0.2, 0.25) is 0 Å². The van der Waals surface area contributed by atoms with Crippen LogP contribution < -0.4 is 9.47 Å². The lowest BCUT2D eigenvalue weighted by molar-refractivity contribution is -0.136. The second kappa shape index (κ2) is 7.08. The molecular formula is C15H17NO4S. The Morgan fingerprint density at radius 2 is 2.19 bits per heavy atom. The predicted octanol–water partition coefficient (Wildman–Crippen LogP) is 2.77. The fraction of sp³-hybridized carbons (Fsp3) is 0.333. The van der Waals surface area contributed by atoms with E-state index in [2.05, 4.69) is 4.98 Å². The van der Waals surface area contributed by atoms with Gasteiger partial charge in [-0.2, -0.15) is 0 Å². The third-order valence-electron chi connectivity index (χ3n) is 2.81. The fourth-order valence-corrected chi connectivity index (χ4v) is 2.73. The van der Waals surface area contributed by atoms with Crippen molar-refractivity contribution in [3.05, 3.63) is 39.8 Å². The lowest BCUT2D eigenvalue weighted by Crippen LogP contribution is -2.00. The number of rotatable bonds is 7. The number of hydrogen-bond acceptors (Lipinski definition) is 5. The number of thiazole rings is 1. The van der Waals surface area contributed by atoms with E-state index in [1.807, 2.05) is 30.5 Å². The number of methoxy groups -OCH3 is 1. The topological polar surface area (TPSA) is 68.7 Å². The van der Waals surface area contributed by atoms with Gasteiger partial charge < -0.3 is 14.6 Å². The van der Waals surface area contributed by atoms with Crippen LogP contribution in [0.3, 0.4) is 0 Å². The van der Waals surface area contributed by atoms with Gasteiger partial charge in [0, 0.05) is 11.8 Å². The number of aromatic nitrogens is 1. The van der Waals surface area contributed by atoms with Crippen LogP contribution in [0.1, 0.15) is 23.2 Å². The number of nitrogens with zero attached hydrogens (tertiary/aromatic N) is 1. The van der Waals surface area contributed by atoms with E-state index in [-0.39, 0.29) is 6.42 Å². The maximum Gasteiger partial charge on any atom is 0.310 e. The van der Waals surface area contributed by atoms with Gasteiger partial charge in [0.1, 0.15) is 5.01 Å². The zero-order valence-electron chi connectivity index (χ0n) is 12.0. The van der Waals surface area contributed by atoms with Gasteiger partial charge in [0.15, 0.2) is 11.5 Å². The van der Waals surface area contributed by atoms with E-state index in [1.165, 1.54) is 11.3 Å². The summed E-state index contributed by atoms with van der Waals surface area (Å²) in [5.74, 6) is 0.544. The van der Waals surface area contributed by atoms with Gasteiger partial charge in [0.2, 0.25) is 0 Å². The quantitative estimate of drug-likeness (QED) is 0.852. The molecule has 1 N–H and O–H groups in total. The van der Waals surface area contributed by atoms with Gasteiger partial charge in [-0.25, -0.2) is 4.98 Å². The number of carboxylic acids is 1. The highest BCUT2D eigenvalue weighted by molar-refractivity contribution is 7.09. The number of benzene rings is 1. The number of hydrogen-bond donors (Lipinski definition) is 1. The third kappa shape index (κ3) is 4.19. The minimum absolute atomic E-state index is 0.0305. The summed E-state index contributed by atoms with van der Waals surface area (Å²) < 4.78 is 10.8. The minimum atomic E-state index is -0.862. The van der Waals surface area contributed by atoms with E-state index in [0.29, 0.717) is 29.5 Å². The molecule has 0 saturated heterocycles. The van der Waals surface area contributed by atoms with Gasteiger partial charge in [-0.1, -0.05) is 6.07 Å². The van der Waals surface area contributed by atoms with Crippen molar-refractivity contribution in [2.45, 2.75) is 19.8 Å². The highest BCUT2D eigenvalue weighted by Gasteiger charge is 2.09. The Morgan fingerprint density at radius 1 is 1.38 bits per heavy atom. The molecule has 6 heteroatoms. The van der Waals surface area contributed by atoms with Crippen molar-refractivity contribution in [1.82, 2.24) is 4.98 Å². The summed E-state index contributed by atoms with van der Waals surface area (Å²) in [4.78, 5) is 15.0. The largest absolute Gasteiger partial charge is 0.493 e. The van der Waals surface area contributed by atoms with Crippen LogP contribution >= 0.6 is 11.3 Å². The maximum atomic E-state index is 10.7.